The molecule has 1 aromatic carbocycles. The third kappa shape index (κ3) is 7.53. The summed E-state index contributed by atoms with van der Waals surface area (Å²) in [7, 11) is 2.31. The molecule has 0 spiro atoms. The van der Waals surface area contributed by atoms with Crippen molar-refractivity contribution in [3.63, 3.8) is 0 Å². The molecular weight excluding hydrogens is 473 g/mol. The summed E-state index contributed by atoms with van der Waals surface area (Å²) in [5.74, 6) is -1.02. The zero-order valence-electron chi connectivity index (χ0n) is 22.6. The Kier molecular flexibility index (Phi) is 9.70. The second-order valence-electron chi connectivity index (χ2n) is 10.2. The molecule has 2 amide bonds. The molecule has 1 saturated heterocycles. The van der Waals surface area contributed by atoms with E-state index in [9.17, 15) is 9.59 Å². The van der Waals surface area contributed by atoms with E-state index in [0.29, 0.717) is 12.3 Å². The van der Waals surface area contributed by atoms with Crippen molar-refractivity contribution in [2.24, 2.45) is 0 Å². The second kappa shape index (κ2) is 12.5. The van der Waals surface area contributed by atoms with E-state index in [2.05, 4.69) is 27.8 Å². The van der Waals surface area contributed by atoms with Gasteiger partial charge in [-0.05, 0) is 58.6 Å². The summed E-state index contributed by atoms with van der Waals surface area (Å²) in [6.45, 7) is 7.90. The van der Waals surface area contributed by atoms with Crippen molar-refractivity contribution in [2.45, 2.75) is 70.1 Å². The topological polar surface area (TPSA) is 108 Å². The smallest absolute Gasteiger partial charge is 0.481 e. The molecule has 1 aliphatic rings. The average Bonchev–Trinajstić information content (AvgIpc) is 3.10. The minimum absolute atomic E-state index is 0.0123. The maximum Gasteiger partial charge on any atom is 0.481 e. The summed E-state index contributed by atoms with van der Waals surface area (Å²) < 4.78 is 22.9. The first kappa shape index (κ1) is 28.6. The molecule has 37 heavy (non-hydrogen) atoms. The van der Waals surface area contributed by atoms with Crippen LogP contribution in [0.15, 0.2) is 48.5 Å². The number of ether oxygens (including phenoxy) is 2. The van der Waals surface area contributed by atoms with Gasteiger partial charge in [0, 0.05) is 13.2 Å². The SMILES string of the molecule is COCC(NC(=O)c1cccc(OC)n1)C(=O)N[C@@H](CCCc1ccccc1)B1OC(C)(C)C(C)(C)O1. The average molecular weight is 511 g/mol. The molecule has 3 rings (SSSR count). The number of amides is 2. The molecule has 2 N–H and O–H groups in total. The van der Waals surface area contributed by atoms with Crippen molar-refractivity contribution >= 4 is 18.9 Å². The maximum atomic E-state index is 13.4. The van der Waals surface area contributed by atoms with Gasteiger partial charge in [0.1, 0.15) is 11.7 Å². The lowest BCUT2D eigenvalue weighted by atomic mass is 9.75. The Morgan fingerprint density at radius 1 is 0.973 bits per heavy atom. The van der Waals surface area contributed by atoms with E-state index in [1.165, 1.54) is 19.8 Å². The third-order valence-electron chi connectivity index (χ3n) is 6.87. The Hall–Kier alpha value is -2.95. The molecule has 2 heterocycles. The molecule has 0 bridgehead atoms. The van der Waals surface area contributed by atoms with Gasteiger partial charge in [-0.1, -0.05) is 36.4 Å². The van der Waals surface area contributed by atoms with Gasteiger partial charge < -0.3 is 29.4 Å². The van der Waals surface area contributed by atoms with Crippen LogP contribution in [0.1, 0.15) is 56.6 Å². The van der Waals surface area contributed by atoms with Gasteiger partial charge in [0.05, 0.1) is 30.9 Å². The standard InChI is InChI=1S/C27H38BN3O6/c1-26(2)27(3,4)37-28(36-26)22(16-10-14-19-12-8-7-9-13-19)31-25(33)21(18-34-5)30-24(32)20-15-11-17-23(29-20)35-6/h7-9,11-13,15,17,21-22H,10,14,16,18H2,1-6H3,(H,30,32)(H,31,33)/t21?,22-/m0/s1. The fourth-order valence-corrected chi connectivity index (χ4v) is 4.02. The highest BCUT2D eigenvalue weighted by molar-refractivity contribution is 6.48. The lowest BCUT2D eigenvalue weighted by molar-refractivity contribution is -0.124. The van der Waals surface area contributed by atoms with Gasteiger partial charge in [0.2, 0.25) is 11.8 Å². The molecule has 1 aromatic heterocycles. The number of carbonyl (C=O) groups is 2. The summed E-state index contributed by atoms with van der Waals surface area (Å²) in [6.07, 6.45) is 2.29. The van der Waals surface area contributed by atoms with Crippen molar-refractivity contribution in [3.8, 4) is 5.88 Å². The van der Waals surface area contributed by atoms with Gasteiger partial charge in [-0.3, -0.25) is 9.59 Å². The molecule has 0 aliphatic carbocycles. The van der Waals surface area contributed by atoms with E-state index in [4.69, 9.17) is 18.8 Å². The number of aromatic nitrogens is 1. The fourth-order valence-electron chi connectivity index (χ4n) is 4.02. The summed E-state index contributed by atoms with van der Waals surface area (Å²) in [6, 6.07) is 14.1. The summed E-state index contributed by atoms with van der Waals surface area (Å²) in [5.41, 5.74) is 0.270. The number of methoxy groups -OCH3 is 2. The number of nitrogens with zero attached hydrogens (tertiary/aromatic N) is 1. The van der Waals surface area contributed by atoms with Crippen LogP contribution in [0, 0.1) is 0 Å². The minimum atomic E-state index is -0.940. The van der Waals surface area contributed by atoms with Crippen LogP contribution >= 0.6 is 0 Å². The number of benzene rings is 1. The Morgan fingerprint density at radius 3 is 2.27 bits per heavy atom. The number of rotatable bonds is 12. The fraction of sp³-hybridized carbons (Fsp3) is 0.519. The van der Waals surface area contributed by atoms with Gasteiger partial charge in [-0.15, -0.1) is 0 Å². The molecule has 200 valence electrons. The van der Waals surface area contributed by atoms with Crippen LogP contribution in [-0.4, -0.2) is 67.9 Å². The maximum absolute atomic E-state index is 13.4. The van der Waals surface area contributed by atoms with Crippen LogP contribution in [0.25, 0.3) is 0 Å². The Bertz CT molecular complexity index is 1030. The monoisotopic (exact) mass is 511 g/mol. The minimum Gasteiger partial charge on any atom is -0.481 e. The van der Waals surface area contributed by atoms with E-state index in [1.54, 1.807) is 18.2 Å². The zero-order valence-corrected chi connectivity index (χ0v) is 22.6. The largest absolute Gasteiger partial charge is 0.481 e. The van der Waals surface area contributed by atoms with Crippen LogP contribution < -0.4 is 15.4 Å². The summed E-state index contributed by atoms with van der Waals surface area (Å²) in [5, 5.41) is 5.78. The number of carbonyl (C=O) groups excluding carboxylic acids is 2. The first-order valence-electron chi connectivity index (χ1n) is 12.6. The molecule has 0 radical (unpaired) electrons. The first-order valence-corrected chi connectivity index (χ1v) is 12.6. The van der Waals surface area contributed by atoms with Crippen molar-refractivity contribution in [1.29, 1.82) is 0 Å². The highest BCUT2D eigenvalue weighted by atomic mass is 16.7. The van der Waals surface area contributed by atoms with Crippen LogP contribution in [0.2, 0.25) is 0 Å². The second-order valence-corrected chi connectivity index (χ2v) is 10.2. The van der Waals surface area contributed by atoms with Crippen molar-refractivity contribution in [1.82, 2.24) is 15.6 Å². The molecular formula is C27H38BN3O6. The van der Waals surface area contributed by atoms with Crippen molar-refractivity contribution in [2.75, 3.05) is 20.8 Å². The number of nitrogens with one attached hydrogen (secondary N) is 2. The third-order valence-corrected chi connectivity index (χ3v) is 6.87. The van der Waals surface area contributed by atoms with Gasteiger partial charge in [-0.2, -0.15) is 0 Å². The summed E-state index contributed by atoms with van der Waals surface area (Å²) in [4.78, 5) is 30.4. The Balaban J connectivity index is 1.72. The molecule has 10 heteroatoms. The molecule has 0 saturated carbocycles. The lowest BCUT2D eigenvalue weighted by Gasteiger charge is -2.32. The van der Waals surface area contributed by atoms with Crippen LogP contribution in [-0.2, 0) is 25.3 Å². The molecule has 1 unspecified atom stereocenters. The molecule has 1 fully saturated rings. The Morgan fingerprint density at radius 2 is 1.65 bits per heavy atom. The predicted molar refractivity (Wildman–Crippen MR) is 141 cm³/mol. The van der Waals surface area contributed by atoms with Gasteiger partial charge in [-0.25, -0.2) is 4.98 Å². The van der Waals surface area contributed by atoms with Crippen molar-refractivity contribution in [3.05, 3.63) is 59.8 Å². The van der Waals surface area contributed by atoms with E-state index >= 15 is 0 Å². The highest BCUT2D eigenvalue weighted by Gasteiger charge is 2.54. The lowest BCUT2D eigenvalue weighted by Crippen LogP contribution is -2.56. The van der Waals surface area contributed by atoms with E-state index in [1.807, 2.05) is 45.9 Å². The van der Waals surface area contributed by atoms with Gasteiger partial charge >= 0.3 is 7.12 Å². The predicted octanol–water partition coefficient (Wildman–Crippen LogP) is 2.97. The molecule has 2 atom stereocenters. The van der Waals surface area contributed by atoms with E-state index in [0.717, 1.165) is 12.8 Å². The normalized spacial score (nSPS) is 17.6. The Labute approximate surface area is 219 Å². The number of aryl methyl sites for hydroxylation is 1. The van der Waals surface area contributed by atoms with Gasteiger partial charge in [0.25, 0.3) is 5.91 Å². The highest BCUT2D eigenvalue weighted by Crippen LogP contribution is 2.38. The van der Waals surface area contributed by atoms with Crippen molar-refractivity contribution < 1.29 is 28.4 Å². The number of pyridine rings is 1. The number of hydrogen-bond donors (Lipinski definition) is 2. The quantitative estimate of drug-likeness (QED) is 0.422. The van der Waals surface area contributed by atoms with Crippen LogP contribution in [0.5, 0.6) is 5.88 Å². The zero-order chi connectivity index (χ0) is 27.1. The van der Waals surface area contributed by atoms with Gasteiger partial charge in [0.15, 0.2) is 0 Å². The molecule has 2 aromatic rings. The van der Waals surface area contributed by atoms with Crippen LogP contribution in [0.3, 0.4) is 0 Å². The number of hydrogen-bond acceptors (Lipinski definition) is 7. The van der Waals surface area contributed by atoms with E-state index < -0.39 is 42.1 Å². The van der Waals surface area contributed by atoms with E-state index in [-0.39, 0.29) is 12.3 Å². The first-order chi connectivity index (χ1) is 17.6. The van der Waals surface area contributed by atoms with Crippen LogP contribution in [0.4, 0.5) is 0 Å². The summed E-state index contributed by atoms with van der Waals surface area (Å²) >= 11 is 0. The molecule has 1 aliphatic heterocycles. The molecule has 9 nitrogen and oxygen atoms in total.